The predicted molar refractivity (Wildman–Crippen MR) is 142 cm³/mol. The highest BCUT2D eigenvalue weighted by atomic mass is 32.2. The van der Waals surface area contributed by atoms with Gasteiger partial charge >= 0.3 is 0 Å². The number of sulfonamides is 1. The van der Waals surface area contributed by atoms with Crippen LogP contribution in [-0.4, -0.2) is 74.4 Å². The third-order valence-electron chi connectivity index (χ3n) is 6.72. The summed E-state index contributed by atoms with van der Waals surface area (Å²) in [4.78, 5) is 27.6. The number of hydrogen-bond donors (Lipinski definition) is 1. The minimum atomic E-state index is -3.65. The molecule has 2 fully saturated rings. The van der Waals surface area contributed by atoms with Crippen LogP contribution in [0, 0.1) is 0 Å². The van der Waals surface area contributed by atoms with Crippen LogP contribution in [0.1, 0.15) is 36.4 Å². The van der Waals surface area contributed by atoms with Gasteiger partial charge in [0, 0.05) is 32.3 Å². The molecule has 38 heavy (non-hydrogen) atoms. The van der Waals surface area contributed by atoms with Gasteiger partial charge in [-0.05, 0) is 54.8 Å². The van der Waals surface area contributed by atoms with Crippen molar-refractivity contribution in [3.63, 3.8) is 0 Å². The van der Waals surface area contributed by atoms with Gasteiger partial charge in [-0.2, -0.15) is 4.31 Å². The Hall–Kier alpha value is -3.47. The highest BCUT2D eigenvalue weighted by Crippen LogP contribution is 2.39. The van der Waals surface area contributed by atoms with Crippen LogP contribution >= 0.6 is 0 Å². The SMILES string of the molecule is C=CCOc1ccc(C2/C(=C(\O)c3ccc(S(=O)(=O)N4CCCCC4)cc3)C(=O)C(=O)N2CCOC)cc1. The number of methoxy groups -OCH3 is 1. The second kappa shape index (κ2) is 11.9. The van der Waals surface area contributed by atoms with Gasteiger partial charge in [0.15, 0.2) is 0 Å². The molecule has 1 unspecified atom stereocenters. The Balaban J connectivity index is 1.71. The van der Waals surface area contributed by atoms with Crippen molar-refractivity contribution in [2.45, 2.75) is 30.2 Å². The molecular formula is C28H32N2O7S. The maximum Gasteiger partial charge on any atom is 0.295 e. The molecule has 0 saturated carbocycles. The van der Waals surface area contributed by atoms with E-state index in [9.17, 15) is 23.1 Å². The molecule has 2 aliphatic rings. The van der Waals surface area contributed by atoms with Crippen molar-refractivity contribution in [1.82, 2.24) is 9.21 Å². The minimum Gasteiger partial charge on any atom is -0.507 e. The van der Waals surface area contributed by atoms with Crippen molar-refractivity contribution in [1.29, 1.82) is 0 Å². The smallest absolute Gasteiger partial charge is 0.295 e. The largest absolute Gasteiger partial charge is 0.507 e. The first-order chi connectivity index (χ1) is 18.3. The molecule has 2 aromatic rings. The van der Waals surface area contributed by atoms with Gasteiger partial charge in [-0.25, -0.2) is 8.42 Å². The molecule has 0 bridgehead atoms. The summed E-state index contributed by atoms with van der Waals surface area (Å²) in [6.45, 7) is 5.25. The standard InChI is InChI=1S/C28H32N2O7S/c1-3-18-37-22-11-7-20(8-12-22)25-24(27(32)28(33)30(25)17-19-36-2)26(31)21-9-13-23(14-10-21)38(34,35)29-15-5-4-6-16-29/h3,7-14,25,31H,1,4-6,15-19H2,2H3/b26-24+. The number of nitrogens with zero attached hydrogens (tertiary/aromatic N) is 2. The summed E-state index contributed by atoms with van der Waals surface area (Å²) in [5.41, 5.74) is 0.776. The fourth-order valence-electron chi connectivity index (χ4n) is 4.74. The number of rotatable bonds is 10. The number of amides is 1. The maximum absolute atomic E-state index is 13.1. The molecule has 0 aliphatic carbocycles. The van der Waals surface area contributed by atoms with Gasteiger partial charge in [0.05, 0.1) is 23.1 Å². The summed E-state index contributed by atoms with van der Waals surface area (Å²) in [7, 11) is -2.16. The molecule has 9 nitrogen and oxygen atoms in total. The molecule has 1 N–H and O–H groups in total. The van der Waals surface area contributed by atoms with E-state index in [-0.39, 0.29) is 34.9 Å². The number of aliphatic hydroxyl groups excluding tert-OH is 1. The van der Waals surface area contributed by atoms with Crippen LogP contribution < -0.4 is 4.74 Å². The molecule has 0 aromatic heterocycles. The van der Waals surface area contributed by atoms with Crippen LogP contribution in [0.5, 0.6) is 5.75 Å². The number of piperidine rings is 1. The zero-order valence-electron chi connectivity index (χ0n) is 21.3. The second-order valence-corrected chi connectivity index (χ2v) is 11.1. The molecule has 2 saturated heterocycles. The second-order valence-electron chi connectivity index (χ2n) is 9.14. The van der Waals surface area contributed by atoms with Gasteiger partial charge in [-0.15, -0.1) is 0 Å². The number of benzene rings is 2. The van der Waals surface area contributed by atoms with Gasteiger partial charge in [-0.3, -0.25) is 9.59 Å². The highest BCUT2D eigenvalue weighted by Gasteiger charge is 2.46. The van der Waals surface area contributed by atoms with E-state index in [0.717, 1.165) is 19.3 Å². The molecule has 2 aliphatic heterocycles. The molecule has 1 amide bonds. The van der Waals surface area contributed by atoms with Crippen LogP contribution in [0.15, 0.2) is 71.7 Å². The quantitative estimate of drug-likeness (QED) is 0.212. The van der Waals surface area contributed by atoms with E-state index in [4.69, 9.17) is 9.47 Å². The molecule has 10 heteroatoms. The zero-order chi connectivity index (χ0) is 27.3. The van der Waals surface area contributed by atoms with Crippen LogP contribution in [0.3, 0.4) is 0 Å². The van der Waals surface area contributed by atoms with E-state index in [0.29, 0.717) is 31.0 Å². The number of Topliss-reactive ketones (excluding diaryl/α,β-unsaturated/α-hetero) is 1. The molecule has 1 atom stereocenters. The Morgan fingerprint density at radius 2 is 1.71 bits per heavy atom. The van der Waals surface area contributed by atoms with Crippen LogP contribution in [0.4, 0.5) is 0 Å². The Kier molecular flexibility index (Phi) is 8.65. The summed E-state index contributed by atoms with van der Waals surface area (Å²) >= 11 is 0. The predicted octanol–water partition coefficient (Wildman–Crippen LogP) is 3.49. The van der Waals surface area contributed by atoms with E-state index in [2.05, 4.69) is 6.58 Å². The molecular weight excluding hydrogens is 508 g/mol. The third kappa shape index (κ3) is 5.52. The lowest BCUT2D eigenvalue weighted by atomic mass is 9.95. The molecule has 202 valence electrons. The Bertz CT molecular complexity index is 1310. The minimum absolute atomic E-state index is 0.0718. The van der Waals surface area contributed by atoms with Crippen molar-refractivity contribution < 1.29 is 32.6 Å². The first-order valence-electron chi connectivity index (χ1n) is 12.5. The summed E-state index contributed by atoms with van der Waals surface area (Å²) in [6.07, 6.45) is 4.27. The normalized spacial score (nSPS) is 20.0. The number of ketones is 1. The fourth-order valence-corrected chi connectivity index (χ4v) is 6.26. The van der Waals surface area contributed by atoms with E-state index < -0.39 is 27.8 Å². The number of hydrogen-bond acceptors (Lipinski definition) is 7. The van der Waals surface area contributed by atoms with Crippen LogP contribution in [0.25, 0.3) is 5.76 Å². The monoisotopic (exact) mass is 540 g/mol. The number of aliphatic hydroxyl groups is 1. The average Bonchev–Trinajstić information content (AvgIpc) is 3.20. The first-order valence-corrected chi connectivity index (χ1v) is 13.9. The Morgan fingerprint density at radius 3 is 2.32 bits per heavy atom. The van der Waals surface area contributed by atoms with Crippen molar-refractivity contribution in [3.8, 4) is 5.75 Å². The van der Waals surface area contributed by atoms with E-state index in [1.165, 1.54) is 40.6 Å². The van der Waals surface area contributed by atoms with Crippen molar-refractivity contribution >= 4 is 27.5 Å². The summed E-state index contributed by atoms with van der Waals surface area (Å²) in [5, 5.41) is 11.2. The molecule has 4 rings (SSSR count). The van der Waals surface area contributed by atoms with E-state index in [1.54, 1.807) is 30.3 Å². The van der Waals surface area contributed by atoms with Crippen LogP contribution in [0.2, 0.25) is 0 Å². The zero-order valence-corrected chi connectivity index (χ0v) is 22.2. The Labute approximate surface area is 223 Å². The van der Waals surface area contributed by atoms with Gasteiger partial charge in [0.2, 0.25) is 10.0 Å². The summed E-state index contributed by atoms with van der Waals surface area (Å²) < 4.78 is 38.2. The number of carbonyl (C=O) groups is 2. The summed E-state index contributed by atoms with van der Waals surface area (Å²) in [5.74, 6) is -1.35. The maximum atomic E-state index is 13.1. The lowest BCUT2D eigenvalue weighted by Gasteiger charge is -2.26. The molecule has 0 radical (unpaired) electrons. The topological polar surface area (TPSA) is 113 Å². The molecule has 2 heterocycles. The van der Waals surface area contributed by atoms with E-state index in [1.807, 2.05) is 0 Å². The van der Waals surface area contributed by atoms with Crippen molar-refractivity contribution in [2.24, 2.45) is 0 Å². The lowest BCUT2D eigenvalue weighted by Crippen LogP contribution is -2.35. The van der Waals surface area contributed by atoms with Crippen molar-refractivity contribution in [3.05, 3.63) is 77.9 Å². The summed E-state index contributed by atoms with van der Waals surface area (Å²) in [6, 6.07) is 11.8. The highest BCUT2D eigenvalue weighted by molar-refractivity contribution is 7.89. The molecule has 0 spiro atoms. The van der Waals surface area contributed by atoms with Gasteiger partial charge in [0.1, 0.15) is 18.1 Å². The molecule has 2 aromatic carbocycles. The number of likely N-dealkylation sites (tertiary alicyclic amines) is 1. The van der Waals surface area contributed by atoms with Gasteiger partial charge < -0.3 is 19.5 Å². The number of carbonyl (C=O) groups excluding carboxylic acids is 2. The average molecular weight is 541 g/mol. The van der Waals surface area contributed by atoms with Gasteiger partial charge in [0.25, 0.3) is 11.7 Å². The lowest BCUT2D eigenvalue weighted by molar-refractivity contribution is -0.140. The number of ether oxygens (including phenoxy) is 2. The van der Waals surface area contributed by atoms with Crippen LogP contribution in [-0.2, 0) is 24.3 Å². The van der Waals surface area contributed by atoms with Gasteiger partial charge in [-0.1, -0.05) is 31.2 Å². The fraction of sp³-hybridized carbons (Fsp3) is 0.357. The van der Waals surface area contributed by atoms with Crippen molar-refractivity contribution in [2.75, 3.05) is 40.0 Å². The first kappa shape index (κ1) is 27.6. The Morgan fingerprint density at radius 1 is 1.05 bits per heavy atom. The van der Waals surface area contributed by atoms with E-state index >= 15 is 0 Å². The third-order valence-corrected chi connectivity index (χ3v) is 8.63.